The summed E-state index contributed by atoms with van der Waals surface area (Å²) in [7, 11) is 0. The van der Waals surface area contributed by atoms with Crippen molar-refractivity contribution in [3.63, 3.8) is 0 Å². The van der Waals surface area contributed by atoms with E-state index in [1.165, 1.54) is 10.4 Å². The van der Waals surface area contributed by atoms with Crippen LogP contribution in [0.2, 0.25) is 0 Å². The molecule has 1 aliphatic heterocycles. The number of likely N-dealkylation sites (tertiary alicyclic amines) is 1. The lowest BCUT2D eigenvalue weighted by atomic mass is 9.89. The van der Waals surface area contributed by atoms with E-state index in [4.69, 9.17) is 0 Å². The van der Waals surface area contributed by atoms with E-state index in [1.54, 1.807) is 15.9 Å². The van der Waals surface area contributed by atoms with Gasteiger partial charge in [0, 0.05) is 18.0 Å². The molecule has 1 amide bonds. The highest BCUT2D eigenvalue weighted by Crippen LogP contribution is 2.35. The van der Waals surface area contributed by atoms with Gasteiger partial charge in [-0.2, -0.15) is 0 Å². The average molecular weight is 345 g/mol. The highest BCUT2D eigenvalue weighted by Gasteiger charge is 2.25. The Bertz CT molecular complexity index is 861. The number of carbonyl (C=O) groups excluding carboxylic acids is 1. The van der Waals surface area contributed by atoms with Gasteiger partial charge >= 0.3 is 0 Å². The third-order valence-electron chi connectivity index (χ3n) is 5.36. The van der Waals surface area contributed by atoms with E-state index in [2.05, 4.69) is 11.9 Å². The van der Waals surface area contributed by atoms with E-state index >= 15 is 0 Å². The quantitative estimate of drug-likeness (QED) is 0.840. The Morgan fingerprint density at radius 1 is 1.33 bits per heavy atom. The minimum absolute atomic E-state index is 0.0305. The zero-order valence-electron chi connectivity index (χ0n) is 14.3. The molecule has 1 unspecified atom stereocenters. The molecule has 1 fully saturated rings. The first-order valence-electron chi connectivity index (χ1n) is 8.84. The number of thiophene rings is 1. The van der Waals surface area contributed by atoms with Crippen molar-refractivity contribution >= 4 is 27.5 Å². The summed E-state index contributed by atoms with van der Waals surface area (Å²) in [5.41, 5.74) is 1.16. The molecule has 0 bridgehead atoms. The highest BCUT2D eigenvalue weighted by atomic mass is 32.1. The smallest absolute Gasteiger partial charge is 0.263 e. The van der Waals surface area contributed by atoms with E-state index in [0.717, 1.165) is 55.4 Å². The van der Waals surface area contributed by atoms with Crippen molar-refractivity contribution in [2.75, 3.05) is 13.1 Å². The molecule has 1 saturated heterocycles. The maximum atomic E-state index is 13.1. The van der Waals surface area contributed by atoms with Crippen LogP contribution in [0.4, 0.5) is 0 Å². The molecule has 0 aromatic carbocycles. The van der Waals surface area contributed by atoms with Crippen molar-refractivity contribution in [2.45, 2.75) is 52.5 Å². The molecule has 3 heterocycles. The van der Waals surface area contributed by atoms with Crippen LogP contribution in [0, 0.1) is 12.8 Å². The predicted molar refractivity (Wildman–Crippen MR) is 95.6 cm³/mol. The van der Waals surface area contributed by atoms with Crippen molar-refractivity contribution in [2.24, 2.45) is 5.92 Å². The van der Waals surface area contributed by atoms with Gasteiger partial charge in [-0.15, -0.1) is 11.3 Å². The summed E-state index contributed by atoms with van der Waals surface area (Å²) in [5.74, 6) is 1.36. The van der Waals surface area contributed by atoms with E-state index < -0.39 is 0 Å². The predicted octanol–water partition coefficient (Wildman–Crippen LogP) is 2.51. The molecular formula is C18H23N3O2S. The van der Waals surface area contributed by atoms with Crippen LogP contribution in [0.15, 0.2) is 4.79 Å². The molecule has 2 aromatic heterocycles. The van der Waals surface area contributed by atoms with Gasteiger partial charge in [0.15, 0.2) is 0 Å². The minimum atomic E-state index is -0.0305. The fraction of sp³-hybridized carbons (Fsp3) is 0.611. The number of fused-ring (bicyclic) bond motifs is 3. The van der Waals surface area contributed by atoms with Crippen molar-refractivity contribution in [1.82, 2.24) is 14.5 Å². The Hall–Kier alpha value is -1.69. The summed E-state index contributed by atoms with van der Waals surface area (Å²) < 4.78 is 1.58. The van der Waals surface area contributed by atoms with Crippen LogP contribution in [-0.2, 0) is 24.2 Å². The first kappa shape index (κ1) is 15.8. The maximum Gasteiger partial charge on any atom is 0.263 e. The number of rotatable bonds is 2. The van der Waals surface area contributed by atoms with Crippen molar-refractivity contribution < 1.29 is 4.79 Å². The number of aryl methyl sites for hydroxylation is 2. The van der Waals surface area contributed by atoms with E-state index in [0.29, 0.717) is 11.7 Å². The van der Waals surface area contributed by atoms with Gasteiger partial charge in [-0.25, -0.2) is 4.98 Å². The van der Waals surface area contributed by atoms with E-state index in [-0.39, 0.29) is 18.0 Å². The van der Waals surface area contributed by atoms with Crippen molar-refractivity contribution in [1.29, 1.82) is 0 Å². The molecule has 0 spiro atoms. The minimum Gasteiger partial charge on any atom is -0.341 e. The Morgan fingerprint density at radius 3 is 2.83 bits per heavy atom. The Kier molecular flexibility index (Phi) is 3.95. The van der Waals surface area contributed by atoms with E-state index in [9.17, 15) is 9.59 Å². The molecule has 1 aliphatic carbocycles. The zero-order valence-corrected chi connectivity index (χ0v) is 15.1. The summed E-state index contributed by atoms with van der Waals surface area (Å²) in [6.45, 7) is 5.84. The first-order chi connectivity index (χ1) is 11.5. The number of aromatic nitrogens is 2. The van der Waals surface area contributed by atoms with Crippen molar-refractivity contribution in [3.8, 4) is 0 Å². The van der Waals surface area contributed by atoms with Crippen LogP contribution < -0.4 is 5.56 Å². The number of nitrogens with zero attached hydrogens (tertiary/aromatic N) is 3. The molecule has 6 heteroatoms. The molecule has 0 saturated carbocycles. The molecule has 1 atom stereocenters. The molecule has 0 radical (unpaired) electrons. The van der Waals surface area contributed by atoms with E-state index in [1.807, 2.05) is 11.8 Å². The van der Waals surface area contributed by atoms with Crippen LogP contribution in [0.3, 0.4) is 0 Å². The monoisotopic (exact) mass is 345 g/mol. The van der Waals surface area contributed by atoms with Gasteiger partial charge in [0.05, 0.1) is 5.39 Å². The fourth-order valence-electron chi connectivity index (χ4n) is 3.91. The number of hydrogen-bond donors (Lipinski definition) is 0. The lowest BCUT2D eigenvalue weighted by Crippen LogP contribution is -2.36. The molecule has 24 heavy (non-hydrogen) atoms. The largest absolute Gasteiger partial charge is 0.341 e. The van der Waals surface area contributed by atoms with Crippen molar-refractivity contribution in [3.05, 3.63) is 26.6 Å². The Morgan fingerprint density at radius 2 is 2.08 bits per heavy atom. The third-order valence-corrected chi connectivity index (χ3v) is 6.51. The fourth-order valence-corrected chi connectivity index (χ4v) is 5.33. The Labute approximate surface area is 145 Å². The summed E-state index contributed by atoms with van der Waals surface area (Å²) >= 11 is 1.66. The van der Waals surface area contributed by atoms with Crippen LogP contribution in [0.25, 0.3) is 10.2 Å². The molecule has 5 nitrogen and oxygen atoms in total. The van der Waals surface area contributed by atoms with Gasteiger partial charge in [0.2, 0.25) is 5.91 Å². The normalized spacial score (nSPS) is 20.6. The lowest BCUT2D eigenvalue weighted by Gasteiger charge is -2.18. The Balaban J connectivity index is 1.76. The first-order valence-corrected chi connectivity index (χ1v) is 9.65. The van der Waals surface area contributed by atoms with Gasteiger partial charge in [0.25, 0.3) is 5.56 Å². The van der Waals surface area contributed by atoms with Gasteiger partial charge in [0.1, 0.15) is 17.2 Å². The second-order valence-corrected chi connectivity index (χ2v) is 8.25. The highest BCUT2D eigenvalue weighted by molar-refractivity contribution is 7.18. The molecule has 128 valence electrons. The second-order valence-electron chi connectivity index (χ2n) is 7.17. The molecular weight excluding hydrogens is 322 g/mol. The van der Waals surface area contributed by atoms with Gasteiger partial charge in [-0.05, 0) is 50.5 Å². The molecule has 2 aromatic rings. The molecule has 2 aliphatic rings. The van der Waals surface area contributed by atoms with Crippen LogP contribution in [0.1, 0.15) is 42.5 Å². The summed E-state index contributed by atoms with van der Waals surface area (Å²) in [4.78, 5) is 34.2. The summed E-state index contributed by atoms with van der Waals surface area (Å²) in [6, 6.07) is 0. The summed E-state index contributed by atoms with van der Waals surface area (Å²) in [6.07, 6.45) is 5.25. The van der Waals surface area contributed by atoms with Gasteiger partial charge in [-0.1, -0.05) is 6.92 Å². The SMILES string of the molecule is Cc1nc2sc3c(c2c(=O)n1CC(=O)N1CCCC1)CCC(C)C3. The number of carbonyl (C=O) groups is 1. The lowest BCUT2D eigenvalue weighted by molar-refractivity contribution is -0.130. The number of amides is 1. The average Bonchev–Trinajstić information content (AvgIpc) is 3.17. The standard InChI is InChI=1S/C18H23N3O2S/c1-11-5-6-13-14(9-11)24-17-16(13)18(23)21(12(2)19-17)10-15(22)20-7-3-4-8-20/h11H,3-10H2,1-2H3. The molecule has 4 rings (SSSR count). The van der Waals surface area contributed by atoms with Gasteiger partial charge in [-0.3, -0.25) is 14.2 Å². The second kappa shape index (κ2) is 5.99. The van der Waals surface area contributed by atoms with Crippen LogP contribution in [0.5, 0.6) is 0 Å². The summed E-state index contributed by atoms with van der Waals surface area (Å²) in [5, 5.41) is 0.765. The number of hydrogen-bond acceptors (Lipinski definition) is 4. The molecule has 0 N–H and O–H groups in total. The topological polar surface area (TPSA) is 55.2 Å². The van der Waals surface area contributed by atoms with Crippen LogP contribution in [-0.4, -0.2) is 33.4 Å². The zero-order chi connectivity index (χ0) is 16.8. The van der Waals surface area contributed by atoms with Crippen LogP contribution >= 0.6 is 11.3 Å². The third kappa shape index (κ3) is 2.57. The van der Waals surface area contributed by atoms with Gasteiger partial charge < -0.3 is 4.90 Å². The maximum absolute atomic E-state index is 13.1.